The molecule has 20 heavy (non-hydrogen) atoms. The lowest BCUT2D eigenvalue weighted by atomic mass is 10.2. The molecule has 1 N–H and O–H groups in total. The monoisotopic (exact) mass is 293 g/mol. The van der Waals surface area contributed by atoms with Crippen LogP contribution in [0.15, 0.2) is 0 Å². The van der Waals surface area contributed by atoms with E-state index in [9.17, 15) is 0 Å². The predicted octanol–water partition coefficient (Wildman–Crippen LogP) is 2.34. The van der Waals surface area contributed by atoms with Gasteiger partial charge in [-0.1, -0.05) is 12.8 Å². The number of aromatic amines is 1. The highest BCUT2D eigenvalue weighted by Crippen LogP contribution is 2.38. The van der Waals surface area contributed by atoms with Gasteiger partial charge in [0.1, 0.15) is 0 Å². The van der Waals surface area contributed by atoms with Crippen LogP contribution in [-0.4, -0.2) is 51.9 Å². The summed E-state index contributed by atoms with van der Waals surface area (Å²) < 4.78 is 3.03. The molecule has 3 aliphatic rings. The maximum absolute atomic E-state index is 5.38. The number of anilines is 1. The van der Waals surface area contributed by atoms with E-state index in [1.165, 1.54) is 51.6 Å². The Labute approximate surface area is 124 Å². The first-order chi connectivity index (χ1) is 9.83. The summed E-state index contributed by atoms with van der Waals surface area (Å²) in [5.41, 5.74) is 0. The van der Waals surface area contributed by atoms with E-state index in [0.717, 1.165) is 29.9 Å². The average Bonchev–Trinajstić information content (AvgIpc) is 3.02. The van der Waals surface area contributed by atoms with Crippen LogP contribution in [0.25, 0.3) is 0 Å². The Kier molecular flexibility index (Phi) is 3.30. The summed E-state index contributed by atoms with van der Waals surface area (Å²) in [5, 5.41) is 7.46. The van der Waals surface area contributed by atoms with Crippen molar-refractivity contribution < 1.29 is 0 Å². The second kappa shape index (κ2) is 5.15. The van der Waals surface area contributed by atoms with Gasteiger partial charge in [0.25, 0.3) is 0 Å². The SMILES string of the molecule is S=c1[nH]nc(N2CCN(C3CCCC3)CC2)n1C1CC1. The first-order valence-electron chi connectivity index (χ1n) is 7.99. The Morgan fingerprint density at radius 1 is 0.950 bits per heavy atom. The van der Waals surface area contributed by atoms with Crippen molar-refractivity contribution in [3.63, 3.8) is 0 Å². The number of H-pyrrole nitrogens is 1. The summed E-state index contributed by atoms with van der Waals surface area (Å²) in [7, 11) is 0. The molecule has 0 spiro atoms. The van der Waals surface area contributed by atoms with E-state index in [-0.39, 0.29) is 0 Å². The highest BCUT2D eigenvalue weighted by Gasteiger charge is 2.32. The van der Waals surface area contributed by atoms with E-state index in [1.807, 2.05) is 0 Å². The fraction of sp³-hybridized carbons (Fsp3) is 0.857. The molecular weight excluding hydrogens is 270 g/mol. The van der Waals surface area contributed by atoms with Gasteiger partial charge in [0, 0.05) is 38.3 Å². The predicted molar refractivity (Wildman–Crippen MR) is 81.7 cm³/mol. The molecular formula is C14H23N5S. The molecule has 1 aromatic heterocycles. The summed E-state index contributed by atoms with van der Waals surface area (Å²) >= 11 is 5.38. The maximum Gasteiger partial charge on any atom is 0.226 e. The van der Waals surface area contributed by atoms with Crippen LogP contribution in [0.5, 0.6) is 0 Å². The molecule has 110 valence electrons. The number of rotatable bonds is 3. The third kappa shape index (κ3) is 2.29. The van der Waals surface area contributed by atoms with Crippen LogP contribution in [0, 0.1) is 4.77 Å². The van der Waals surface area contributed by atoms with E-state index in [0.29, 0.717) is 6.04 Å². The van der Waals surface area contributed by atoms with Crippen molar-refractivity contribution in [2.24, 2.45) is 0 Å². The number of nitrogens with zero attached hydrogens (tertiary/aromatic N) is 4. The van der Waals surface area contributed by atoms with Gasteiger partial charge < -0.3 is 4.90 Å². The van der Waals surface area contributed by atoms with Crippen LogP contribution in [0.1, 0.15) is 44.6 Å². The van der Waals surface area contributed by atoms with Crippen molar-refractivity contribution in [3.8, 4) is 0 Å². The van der Waals surface area contributed by atoms with E-state index < -0.39 is 0 Å². The van der Waals surface area contributed by atoms with Gasteiger partial charge in [0.2, 0.25) is 5.95 Å². The molecule has 2 aliphatic carbocycles. The molecule has 0 atom stereocenters. The smallest absolute Gasteiger partial charge is 0.226 e. The zero-order chi connectivity index (χ0) is 13.5. The molecule has 1 saturated heterocycles. The molecule has 0 unspecified atom stereocenters. The summed E-state index contributed by atoms with van der Waals surface area (Å²) in [6, 6.07) is 1.45. The van der Waals surface area contributed by atoms with Crippen LogP contribution in [0.3, 0.4) is 0 Å². The van der Waals surface area contributed by atoms with Gasteiger partial charge in [-0.25, -0.2) is 5.10 Å². The van der Waals surface area contributed by atoms with Gasteiger partial charge >= 0.3 is 0 Å². The molecule has 4 rings (SSSR count). The number of piperazine rings is 1. The van der Waals surface area contributed by atoms with Gasteiger partial charge in [0.05, 0.1) is 0 Å². The van der Waals surface area contributed by atoms with Crippen molar-refractivity contribution in [1.82, 2.24) is 19.7 Å². The first-order valence-corrected chi connectivity index (χ1v) is 8.39. The molecule has 1 aromatic rings. The van der Waals surface area contributed by atoms with Crippen molar-refractivity contribution in [2.75, 3.05) is 31.1 Å². The lowest BCUT2D eigenvalue weighted by Gasteiger charge is -2.38. The van der Waals surface area contributed by atoms with Crippen molar-refractivity contribution in [2.45, 2.75) is 50.6 Å². The Balaban J connectivity index is 1.45. The summed E-state index contributed by atoms with van der Waals surface area (Å²) in [5.74, 6) is 1.07. The minimum atomic E-state index is 0.601. The molecule has 2 heterocycles. The number of hydrogen-bond donors (Lipinski definition) is 1. The Morgan fingerprint density at radius 2 is 1.65 bits per heavy atom. The highest BCUT2D eigenvalue weighted by atomic mass is 32.1. The van der Waals surface area contributed by atoms with Gasteiger partial charge in [-0.3, -0.25) is 9.47 Å². The van der Waals surface area contributed by atoms with Crippen LogP contribution < -0.4 is 4.90 Å². The van der Waals surface area contributed by atoms with Crippen molar-refractivity contribution in [3.05, 3.63) is 4.77 Å². The van der Waals surface area contributed by atoms with Crippen LogP contribution >= 0.6 is 12.2 Å². The highest BCUT2D eigenvalue weighted by molar-refractivity contribution is 7.71. The van der Waals surface area contributed by atoms with Crippen LogP contribution in [0.4, 0.5) is 5.95 Å². The minimum Gasteiger partial charge on any atom is -0.338 e. The van der Waals surface area contributed by atoms with Crippen molar-refractivity contribution in [1.29, 1.82) is 0 Å². The molecule has 0 aromatic carbocycles. The van der Waals surface area contributed by atoms with E-state index in [1.54, 1.807) is 0 Å². The first kappa shape index (κ1) is 12.8. The van der Waals surface area contributed by atoms with E-state index in [2.05, 4.69) is 24.6 Å². The quantitative estimate of drug-likeness (QED) is 0.869. The molecule has 0 amide bonds. The Morgan fingerprint density at radius 3 is 2.30 bits per heavy atom. The number of nitrogens with one attached hydrogen (secondary N) is 1. The van der Waals surface area contributed by atoms with Gasteiger partial charge in [-0.15, -0.1) is 5.10 Å². The van der Waals surface area contributed by atoms with Gasteiger partial charge in [0.15, 0.2) is 4.77 Å². The van der Waals surface area contributed by atoms with Crippen molar-refractivity contribution >= 4 is 18.2 Å². The topological polar surface area (TPSA) is 40.1 Å². The summed E-state index contributed by atoms with van der Waals surface area (Å²) in [6.45, 7) is 4.52. The molecule has 3 fully saturated rings. The number of aromatic nitrogens is 3. The minimum absolute atomic E-state index is 0.601. The standard InChI is InChI=1S/C14H23N5S/c20-14-16-15-13(19(14)12-5-6-12)18-9-7-17(8-10-18)11-3-1-2-4-11/h11-12H,1-10H2,(H,16,20). The van der Waals surface area contributed by atoms with Crippen LogP contribution in [-0.2, 0) is 0 Å². The molecule has 0 radical (unpaired) electrons. The fourth-order valence-corrected chi connectivity index (χ4v) is 4.01. The second-order valence-electron chi connectivity index (χ2n) is 6.39. The zero-order valence-electron chi connectivity index (χ0n) is 11.9. The third-order valence-electron chi connectivity index (χ3n) is 5.04. The molecule has 1 aliphatic heterocycles. The summed E-state index contributed by atoms with van der Waals surface area (Å²) in [4.78, 5) is 5.10. The second-order valence-corrected chi connectivity index (χ2v) is 6.78. The average molecular weight is 293 g/mol. The van der Waals surface area contributed by atoms with E-state index >= 15 is 0 Å². The Bertz CT molecular complexity index is 518. The van der Waals surface area contributed by atoms with Gasteiger partial charge in [-0.2, -0.15) is 0 Å². The largest absolute Gasteiger partial charge is 0.338 e. The van der Waals surface area contributed by atoms with E-state index in [4.69, 9.17) is 12.2 Å². The summed E-state index contributed by atoms with van der Waals surface area (Å²) in [6.07, 6.45) is 8.16. The zero-order valence-corrected chi connectivity index (χ0v) is 12.7. The molecule has 2 saturated carbocycles. The Hall–Kier alpha value is -0.880. The third-order valence-corrected chi connectivity index (χ3v) is 5.32. The molecule has 0 bridgehead atoms. The van der Waals surface area contributed by atoms with Gasteiger partial charge in [-0.05, 0) is 37.9 Å². The lowest BCUT2D eigenvalue weighted by Crippen LogP contribution is -2.50. The van der Waals surface area contributed by atoms with Crippen LogP contribution in [0.2, 0.25) is 0 Å². The fourth-order valence-electron chi connectivity index (χ4n) is 3.74. The maximum atomic E-state index is 5.38. The molecule has 5 nitrogen and oxygen atoms in total. The molecule has 6 heteroatoms. The number of hydrogen-bond acceptors (Lipinski definition) is 4. The lowest BCUT2D eigenvalue weighted by molar-refractivity contribution is 0.186. The normalized spacial score (nSPS) is 25.5.